The molecule has 1 unspecified atom stereocenters. The van der Waals surface area contributed by atoms with E-state index in [1.807, 2.05) is 24.0 Å². The summed E-state index contributed by atoms with van der Waals surface area (Å²) in [7, 11) is 1.95. The Morgan fingerprint density at radius 1 is 1.53 bits per heavy atom. The van der Waals surface area contributed by atoms with Crippen LogP contribution in [-0.2, 0) is 11.8 Å². The molecule has 1 saturated carbocycles. The predicted octanol–water partition coefficient (Wildman–Crippen LogP) is 1.96. The largest absolute Gasteiger partial charge is 0.481 e. The van der Waals surface area contributed by atoms with E-state index in [0.29, 0.717) is 5.92 Å². The number of rotatable bonds is 5. The summed E-state index contributed by atoms with van der Waals surface area (Å²) in [6.45, 7) is 3.10. The van der Waals surface area contributed by atoms with Gasteiger partial charge in [-0.3, -0.25) is 9.48 Å². The van der Waals surface area contributed by atoms with Gasteiger partial charge in [0, 0.05) is 19.3 Å². The van der Waals surface area contributed by atoms with Crippen LogP contribution in [-0.4, -0.2) is 27.4 Å². The SMILES string of the molecule is CC(NCC1CCC(C(=O)O)CC1)c1ccnn1C. The van der Waals surface area contributed by atoms with Crippen LogP contribution in [0.15, 0.2) is 12.3 Å². The van der Waals surface area contributed by atoms with Crippen molar-refractivity contribution in [3.05, 3.63) is 18.0 Å². The Morgan fingerprint density at radius 3 is 2.74 bits per heavy atom. The maximum atomic E-state index is 10.9. The Kier molecular flexibility index (Phi) is 4.58. The van der Waals surface area contributed by atoms with E-state index in [-0.39, 0.29) is 12.0 Å². The first-order chi connectivity index (χ1) is 9.08. The summed E-state index contributed by atoms with van der Waals surface area (Å²) >= 11 is 0. The highest BCUT2D eigenvalue weighted by Crippen LogP contribution is 2.28. The lowest BCUT2D eigenvalue weighted by atomic mass is 9.82. The van der Waals surface area contributed by atoms with Crippen LogP contribution < -0.4 is 5.32 Å². The van der Waals surface area contributed by atoms with E-state index in [1.165, 1.54) is 5.69 Å². The molecular weight excluding hydrogens is 242 g/mol. The molecule has 0 aromatic carbocycles. The molecule has 2 rings (SSSR count). The standard InChI is InChI=1S/C14H23N3O2/c1-10(13-7-8-16-17(13)2)15-9-11-3-5-12(6-4-11)14(18)19/h7-8,10-12,15H,3-6,9H2,1-2H3,(H,18,19). The van der Waals surface area contributed by atoms with Gasteiger partial charge in [-0.1, -0.05) is 0 Å². The molecular formula is C14H23N3O2. The maximum absolute atomic E-state index is 10.9. The Bertz CT molecular complexity index is 422. The van der Waals surface area contributed by atoms with E-state index in [2.05, 4.69) is 17.3 Å². The molecule has 0 saturated heterocycles. The molecule has 0 amide bonds. The van der Waals surface area contributed by atoms with Gasteiger partial charge in [-0.15, -0.1) is 0 Å². The topological polar surface area (TPSA) is 67.2 Å². The smallest absolute Gasteiger partial charge is 0.306 e. The summed E-state index contributed by atoms with van der Waals surface area (Å²) < 4.78 is 1.89. The summed E-state index contributed by atoms with van der Waals surface area (Å²) in [4.78, 5) is 10.9. The molecule has 5 nitrogen and oxygen atoms in total. The van der Waals surface area contributed by atoms with Crippen molar-refractivity contribution < 1.29 is 9.90 Å². The molecule has 106 valence electrons. The molecule has 0 aliphatic heterocycles. The van der Waals surface area contributed by atoms with E-state index in [4.69, 9.17) is 5.11 Å². The molecule has 1 fully saturated rings. The van der Waals surface area contributed by atoms with Gasteiger partial charge in [0.1, 0.15) is 0 Å². The molecule has 0 radical (unpaired) electrons. The third kappa shape index (κ3) is 3.56. The number of aliphatic carboxylic acids is 1. The number of hydrogen-bond acceptors (Lipinski definition) is 3. The van der Waals surface area contributed by atoms with Gasteiger partial charge in [-0.25, -0.2) is 0 Å². The second-order valence-electron chi connectivity index (χ2n) is 5.57. The molecule has 1 aliphatic rings. The molecule has 1 atom stereocenters. The summed E-state index contributed by atoms with van der Waals surface area (Å²) in [5, 5.41) is 16.7. The van der Waals surface area contributed by atoms with Gasteiger partial charge in [0.25, 0.3) is 0 Å². The van der Waals surface area contributed by atoms with Gasteiger partial charge in [-0.2, -0.15) is 5.10 Å². The van der Waals surface area contributed by atoms with Crippen LogP contribution in [0.5, 0.6) is 0 Å². The van der Waals surface area contributed by atoms with Crippen LogP contribution in [0.4, 0.5) is 0 Å². The van der Waals surface area contributed by atoms with E-state index >= 15 is 0 Å². The normalized spacial score (nSPS) is 25.2. The number of nitrogens with zero attached hydrogens (tertiary/aromatic N) is 2. The zero-order chi connectivity index (χ0) is 13.8. The van der Waals surface area contributed by atoms with Crippen molar-refractivity contribution in [1.29, 1.82) is 0 Å². The average Bonchev–Trinajstić information content (AvgIpc) is 2.83. The fraction of sp³-hybridized carbons (Fsp3) is 0.714. The van der Waals surface area contributed by atoms with E-state index < -0.39 is 5.97 Å². The first-order valence-electron chi connectivity index (χ1n) is 7.02. The van der Waals surface area contributed by atoms with Crippen LogP contribution in [0.25, 0.3) is 0 Å². The highest BCUT2D eigenvalue weighted by atomic mass is 16.4. The molecule has 0 bridgehead atoms. The maximum Gasteiger partial charge on any atom is 0.306 e. The van der Waals surface area contributed by atoms with Crippen molar-refractivity contribution in [2.75, 3.05) is 6.54 Å². The zero-order valence-corrected chi connectivity index (χ0v) is 11.7. The monoisotopic (exact) mass is 265 g/mol. The Hall–Kier alpha value is -1.36. The summed E-state index contributed by atoms with van der Waals surface area (Å²) in [5.41, 5.74) is 1.18. The zero-order valence-electron chi connectivity index (χ0n) is 11.7. The summed E-state index contributed by atoms with van der Waals surface area (Å²) in [6.07, 6.45) is 5.49. The van der Waals surface area contributed by atoms with Crippen LogP contribution in [0.2, 0.25) is 0 Å². The Morgan fingerprint density at radius 2 is 2.21 bits per heavy atom. The van der Waals surface area contributed by atoms with Gasteiger partial charge in [-0.05, 0) is 51.1 Å². The van der Waals surface area contributed by atoms with Crippen LogP contribution in [0, 0.1) is 11.8 Å². The van der Waals surface area contributed by atoms with E-state index in [0.717, 1.165) is 32.2 Å². The first-order valence-corrected chi connectivity index (χ1v) is 7.02. The van der Waals surface area contributed by atoms with Crippen molar-refractivity contribution in [3.63, 3.8) is 0 Å². The number of nitrogens with one attached hydrogen (secondary N) is 1. The van der Waals surface area contributed by atoms with Crippen molar-refractivity contribution in [1.82, 2.24) is 15.1 Å². The Balaban J connectivity index is 1.75. The van der Waals surface area contributed by atoms with Gasteiger partial charge in [0.05, 0.1) is 11.6 Å². The quantitative estimate of drug-likeness (QED) is 0.854. The van der Waals surface area contributed by atoms with Gasteiger partial charge >= 0.3 is 5.97 Å². The van der Waals surface area contributed by atoms with E-state index in [1.54, 1.807) is 0 Å². The number of carboxylic acids is 1. The number of aromatic nitrogens is 2. The molecule has 1 aliphatic carbocycles. The lowest BCUT2D eigenvalue weighted by Crippen LogP contribution is -2.30. The predicted molar refractivity (Wildman–Crippen MR) is 72.7 cm³/mol. The summed E-state index contributed by atoms with van der Waals surface area (Å²) in [5.74, 6) is -0.147. The number of hydrogen-bond donors (Lipinski definition) is 2. The first kappa shape index (κ1) is 14.1. The number of aryl methyl sites for hydroxylation is 1. The van der Waals surface area contributed by atoms with Crippen molar-refractivity contribution in [3.8, 4) is 0 Å². The molecule has 19 heavy (non-hydrogen) atoms. The van der Waals surface area contributed by atoms with Crippen LogP contribution in [0.1, 0.15) is 44.3 Å². The van der Waals surface area contributed by atoms with Crippen molar-refractivity contribution in [2.45, 2.75) is 38.6 Å². The second-order valence-corrected chi connectivity index (χ2v) is 5.57. The van der Waals surface area contributed by atoms with Gasteiger partial charge in [0.15, 0.2) is 0 Å². The van der Waals surface area contributed by atoms with Crippen LogP contribution >= 0.6 is 0 Å². The third-order valence-electron chi connectivity index (χ3n) is 4.21. The lowest BCUT2D eigenvalue weighted by Gasteiger charge is -2.27. The molecule has 1 aromatic rings. The molecule has 0 spiro atoms. The Labute approximate surface area is 114 Å². The second kappa shape index (κ2) is 6.19. The van der Waals surface area contributed by atoms with Crippen molar-refractivity contribution >= 4 is 5.97 Å². The average molecular weight is 265 g/mol. The molecule has 2 N–H and O–H groups in total. The fourth-order valence-electron chi connectivity index (χ4n) is 2.87. The molecule has 1 heterocycles. The minimum Gasteiger partial charge on any atom is -0.481 e. The van der Waals surface area contributed by atoms with Crippen molar-refractivity contribution in [2.24, 2.45) is 18.9 Å². The van der Waals surface area contributed by atoms with Gasteiger partial charge in [0.2, 0.25) is 0 Å². The third-order valence-corrected chi connectivity index (χ3v) is 4.21. The summed E-state index contributed by atoms with van der Waals surface area (Å²) in [6, 6.07) is 2.31. The molecule has 1 aromatic heterocycles. The lowest BCUT2D eigenvalue weighted by molar-refractivity contribution is -0.143. The van der Waals surface area contributed by atoms with E-state index in [9.17, 15) is 4.79 Å². The van der Waals surface area contributed by atoms with Crippen LogP contribution in [0.3, 0.4) is 0 Å². The highest BCUT2D eigenvalue weighted by molar-refractivity contribution is 5.69. The number of carbonyl (C=O) groups is 1. The highest BCUT2D eigenvalue weighted by Gasteiger charge is 2.26. The fourth-order valence-corrected chi connectivity index (χ4v) is 2.87. The number of carboxylic acid groups (broad SMARTS) is 1. The molecule has 5 heteroatoms. The van der Waals surface area contributed by atoms with Gasteiger partial charge < -0.3 is 10.4 Å². The minimum absolute atomic E-state index is 0.120. The minimum atomic E-state index is -0.630.